The van der Waals surface area contributed by atoms with Crippen molar-refractivity contribution in [2.75, 3.05) is 7.11 Å². The van der Waals surface area contributed by atoms with E-state index in [-0.39, 0.29) is 42.1 Å². The lowest BCUT2D eigenvalue weighted by atomic mass is 10.0. The highest BCUT2D eigenvalue weighted by atomic mass is 19.1. The maximum atomic E-state index is 12.9. The van der Waals surface area contributed by atoms with Crippen LogP contribution in [-0.4, -0.2) is 49.8 Å². The zero-order chi connectivity index (χ0) is 28.3. The molecule has 2 aromatic carbocycles. The van der Waals surface area contributed by atoms with Crippen molar-refractivity contribution >= 4 is 23.5 Å². The molecule has 1 amide bonds. The van der Waals surface area contributed by atoms with Crippen LogP contribution in [0.4, 0.5) is 4.39 Å². The molecular weight excluding hydrogens is 521 g/mol. The zero-order valence-corrected chi connectivity index (χ0v) is 21.1. The molecule has 11 nitrogen and oxygen atoms in total. The number of ether oxygens (including phenoxy) is 1. The van der Waals surface area contributed by atoms with Crippen molar-refractivity contribution in [2.24, 2.45) is 5.73 Å². The van der Waals surface area contributed by atoms with Crippen molar-refractivity contribution in [3.63, 3.8) is 0 Å². The van der Waals surface area contributed by atoms with Gasteiger partial charge in [-0.3, -0.25) is 4.79 Å². The molecule has 1 atom stereocenters. The van der Waals surface area contributed by atoms with Gasteiger partial charge in [0.2, 0.25) is 0 Å². The summed E-state index contributed by atoms with van der Waals surface area (Å²) in [4.78, 5) is 39.7. The Hall–Kier alpha value is -4.84. The van der Waals surface area contributed by atoms with Crippen molar-refractivity contribution in [3.05, 3.63) is 93.7 Å². The molecule has 0 bridgehead atoms. The molecule has 0 unspecified atom stereocenters. The van der Waals surface area contributed by atoms with Gasteiger partial charge in [-0.2, -0.15) is 5.10 Å². The summed E-state index contributed by atoms with van der Waals surface area (Å²) in [6, 6.07) is 10.8. The van der Waals surface area contributed by atoms with Crippen molar-refractivity contribution in [1.29, 1.82) is 0 Å². The van der Waals surface area contributed by atoms with Crippen LogP contribution in [0.15, 0.2) is 48.7 Å². The first-order valence-electron chi connectivity index (χ1n) is 11.9. The van der Waals surface area contributed by atoms with E-state index in [9.17, 15) is 29.0 Å². The molecule has 0 saturated carbocycles. The number of carbonyl (C=O) groups is 3. The largest absolute Gasteiger partial charge is 0.503 e. The highest BCUT2D eigenvalue weighted by Gasteiger charge is 2.27. The first kappa shape index (κ1) is 29.7. The number of benzene rings is 2. The maximum Gasteiger partial charge on any atom is 0.354 e. The van der Waals surface area contributed by atoms with Gasteiger partial charge in [-0.1, -0.05) is 25.6 Å². The van der Waals surface area contributed by atoms with Crippen LogP contribution in [0, 0.1) is 12.7 Å². The topological polar surface area (TPSA) is 169 Å². The summed E-state index contributed by atoms with van der Waals surface area (Å²) in [6.07, 6.45) is 2.37. The molecule has 40 heavy (non-hydrogen) atoms. The van der Waals surface area contributed by atoms with Crippen LogP contribution in [-0.2, 0) is 17.7 Å². The van der Waals surface area contributed by atoms with E-state index in [1.807, 2.05) is 0 Å². The molecule has 0 radical (unpaired) electrons. The second-order valence-corrected chi connectivity index (χ2v) is 8.85. The molecule has 210 valence electrons. The van der Waals surface area contributed by atoms with Gasteiger partial charge in [0.25, 0.3) is 5.91 Å². The van der Waals surface area contributed by atoms with Crippen molar-refractivity contribution in [1.82, 2.24) is 19.9 Å². The molecule has 4 aromatic rings. The van der Waals surface area contributed by atoms with Crippen LogP contribution in [0.3, 0.4) is 0 Å². The zero-order valence-electron chi connectivity index (χ0n) is 21.1. The average molecular weight is 552 g/mol. The van der Waals surface area contributed by atoms with Crippen molar-refractivity contribution < 1.29 is 33.7 Å². The predicted octanol–water partition coefficient (Wildman–Crippen LogP) is 3.57. The van der Waals surface area contributed by atoms with Crippen LogP contribution in [0.25, 0.3) is 5.65 Å². The fourth-order valence-corrected chi connectivity index (χ4v) is 4.30. The average Bonchev–Trinajstić information content (AvgIpc) is 3.52. The minimum Gasteiger partial charge on any atom is -0.503 e. The third-order valence-corrected chi connectivity index (χ3v) is 6.31. The molecule has 0 fully saturated rings. The van der Waals surface area contributed by atoms with Crippen LogP contribution >= 0.6 is 0 Å². The number of fused-ring (bicyclic) bond motifs is 2. The van der Waals surface area contributed by atoms with Gasteiger partial charge in [0.15, 0.2) is 17.1 Å². The lowest BCUT2D eigenvalue weighted by Gasteiger charge is -2.15. The lowest BCUT2D eigenvalue weighted by molar-refractivity contribution is 0.0599. The maximum absolute atomic E-state index is 12.9. The number of nitrogens with two attached hydrogens (primary N) is 1. The number of rotatable bonds is 5. The van der Waals surface area contributed by atoms with Crippen LogP contribution in [0.1, 0.15) is 73.5 Å². The number of carboxylic acid groups (broad SMARTS) is 1. The molecule has 1 aliphatic rings. The Morgan fingerprint density at radius 2 is 1.95 bits per heavy atom. The molecule has 2 aromatic heterocycles. The molecule has 12 heteroatoms. The number of halogens is 1. The Bertz CT molecular complexity index is 1590. The molecule has 2 heterocycles. The number of nitrogens with zero attached hydrogens (tertiary/aromatic N) is 3. The van der Waals surface area contributed by atoms with E-state index in [4.69, 9.17) is 10.5 Å². The number of hydrogen-bond acceptors (Lipinski definition) is 8. The first-order chi connectivity index (χ1) is 18.6. The standard InChI is InChI=1S/C19H16N4O6.C8H10FN.CH4/c1-29-19(28)10-2-4-11-9(6-10)3-5-12(11)22-17(25)14-7-13(18(26)27)21-16-15(24)8-20-23(14)16;1-6-4-7(5-10)2-3-8(6)9;/h2,4,6-8,12,24H,3,5H2,1H3,(H,22,25)(H,26,27);2-4H,5,10H2,1H3;1H4/t12-;;/m0../s1. The first-order valence-corrected chi connectivity index (χ1v) is 11.9. The third kappa shape index (κ3) is 6.07. The second-order valence-electron chi connectivity index (χ2n) is 8.85. The summed E-state index contributed by atoms with van der Waals surface area (Å²) < 4.78 is 18.4. The fourth-order valence-electron chi connectivity index (χ4n) is 4.30. The molecule has 5 rings (SSSR count). The van der Waals surface area contributed by atoms with Crippen molar-refractivity contribution in [3.8, 4) is 5.75 Å². The Kier molecular flexibility index (Phi) is 9.17. The number of aryl methyl sites for hydroxylation is 2. The van der Waals surface area contributed by atoms with Gasteiger partial charge in [0.1, 0.15) is 11.5 Å². The number of hydrogen-bond donors (Lipinski definition) is 4. The Labute approximate surface area is 229 Å². The van der Waals surface area contributed by atoms with Gasteiger partial charge < -0.3 is 26.0 Å². The Morgan fingerprint density at radius 1 is 1.20 bits per heavy atom. The molecule has 0 saturated heterocycles. The lowest BCUT2D eigenvalue weighted by Crippen LogP contribution is -2.29. The van der Waals surface area contributed by atoms with E-state index in [1.165, 1.54) is 13.2 Å². The SMILES string of the molecule is C.COC(=O)c1ccc2c(c1)CC[C@@H]2NC(=O)c1cc(C(=O)O)nc2c(O)cnn12.Cc1cc(CN)ccc1F. The monoisotopic (exact) mass is 551 g/mol. The van der Waals surface area contributed by atoms with E-state index in [2.05, 4.69) is 15.4 Å². The number of carboxylic acids is 1. The van der Waals surface area contributed by atoms with E-state index < -0.39 is 17.8 Å². The quantitative estimate of drug-likeness (QED) is 0.271. The van der Waals surface area contributed by atoms with Crippen LogP contribution < -0.4 is 11.1 Å². The number of methoxy groups -OCH3 is 1. The number of aromatic nitrogens is 3. The van der Waals surface area contributed by atoms with Gasteiger partial charge in [-0.05, 0) is 60.2 Å². The molecular formula is C28H30FN5O6. The fraction of sp³-hybridized carbons (Fsp3) is 0.250. The van der Waals surface area contributed by atoms with Crippen molar-refractivity contribution in [2.45, 2.75) is 39.8 Å². The molecule has 1 aliphatic carbocycles. The molecule has 0 aliphatic heterocycles. The summed E-state index contributed by atoms with van der Waals surface area (Å²) in [7, 11) is 1.31. The minimum atomic E-state index is -1.33. The Balaban J connectivity index is 0.000000340. The van der Waals surface area contributed by atoms with Gasteiger partial charge >= 0.3 is 11.9 Å². The van der Waals surface area contributed by atoms with Gasteiger partial charge in [0, 0.05) is 12.6 Å². The van der Waals surface area contributed by atoms with Gasteiger partial charge in [-0.25, -0.2) is 23.5 Å². The van der Waals surface area contributed by atoms with Gasteiger partial charge in [0.05, 0.1) is 24.9 Å². The smallest absolute Gasteiger partial charge is 0.354 e. The summed E-state index contributed by atoms with van der Waals surface area (Å²) in [6.45, 7) is 2.20. The number of carbonyl (C=O) groups excluding carboxylic acids is 2. The van der Waals surface area contributed by atoms with Crippen LogP contribution in [0.5, 0.6) is 5.75 Å². The number of aromatic carboxylic acids is 1. The predicted molar refractivity (Wildman–Crippen MR) is 144 cm³/mol. The summed E-state index contributed by atoms with van der Waals surface area (Å²) >= 11 is 0. The third-order valence-electron chi connectivity index (χ3n) is 6.31. The number of nitrogens with one attached hydrogen (secondary N) is 1. The summed E-state index contributed by atoms with van der Waals surface area (Å²) in [5.74, 6) is -2.82. The highest BCUT2D eigenvalue weighted by Crippen LogP contribution is 2.32. The van der Waals surface area contributed by atoms with E-state index in [1.54, 1.807) is 37.3 Å². The molecule has 5 N–H and O–H groups in total. The van der Waals surface area contributed by atoms with E-state index in [0.29, 0.717) is 30.5 Å². The normalized spacial score (nSPS) is 13.4. The number of amides is 1. The summed E-state index contributed by atoms with van der Waals surface area (Å²) in [5.41, 5.74) is 8.65. The van der Waals surface area contributed by atoms with Crippen LogP contribution in [0.2, 0.25) is 0 Å². The summed E-state index contributed by atoms with van der Waals surface area (Å²) in [5, 5.41) is 25.8. The molecule has 0 spiro atoms. The highest BCUT2D eigenvalue weighted by molar-refractivity contribution is 5.96. The second kappa shape index (κ2) is 12.3. The number of aromatic hydroxyl groups is 1. The number of esters is 1. The van der Waals surface area contributed by atoms with E-state index >= 15 is 0 Å². The Morgan fingerprint density at radius 3 is 2.60 bits per heavy atom. The van der Waals surface area contributed by atoms with Gasteiger partial charge in [-0.15, -0.1) is 0 Å². The minimum absolute atomic E-state index is 0. The van der Waals surface area contributed by atoms with E-state index in [0.717, 1.165) is 33.5 Å².